The third-order valence-electron chi connectivity index (χ3n) is 2.53. The van der Waals surface area contributed by atoms with Gasteiger partial charge in [-0.15, -0.1) is 11.3 Å². The summed E-state index contributed by atoms with van der Waals surface area (Å²) >= 11 is 1.05. The number of hydrogen-bond donors (Lipinski definition) is 0. The van der Waals surface area contributed by atoms with E-state index in [-0.39, 0.29) is 9.90 Å². The molecular formula is C12H10F3NO2S2. The average molecular weight is 321 g/mol. The van der Waals surface area contributed by atoms with Gasteiger partial charge >= 0.3 is 6.18 Å². The fourth-order valence-corrected chi connectivity index (χ4v) is 4.47. The van der Waals surface area contributed by atoms with E-state index in [0.29, 0.717) is 5.56 Å². The van der Waals surface area contributed by atoms with E-state index in [1.54, 1.807) is 18.4 Å². The Labute approximate surface area is 118 Å². The largest absolute Gasteiger partial charge is 0.433 e. The molecule has 0 saturated carbocycles. The van der Waals surface area contributed by atoms with Crippen LogP contribution >= 0.6 is 11.3 Å². The predicted molar refractivity (Wildman–Crippen MR) is 69.2 cm³/mol. The number of alkyl halides is 3. The Kier molecular flexibility index (Phi) is 3.88. The van der Waals surface area contributed by atoms with Crippen LogP contribution in [0.5, 0.6) is 0 Å². The number of hydrogen-bond acceptors (Lipinski definition) is 4. The van der Waals surface area contributed by atoms with E-state index in [2.05, 4.69) is 4.98 Å². The molecule has 2 aromatic rings. The lowest BCUT2D eigenvalue weighted by molar-refractivity contribution is -0.141. The Morgan fingerprint density at radius 1 is 1.25 bits per heavy atom. The van der Waals surface area contributed by atoms with E-state index in [1.165, 1.54) is 6.07 Å². The summed E-state index contributed by atoms with van der Waals surface area (Å²) < 4.78 is 62.0. The molecule has 3 nitrogen and oxygen atoms in total. The Morgan fingerprint density at radius 3 is 2.50 bits per heavy atom. The average Bonchev–Trinajstić information content (AvgIpc) is 2.75. The van der Waals surface area contributed by atoms with E-state index >= 15 is 0 Å². The molecule has 2 heterocycles. The molecule has 20 heavy (non-hydrogen) atoms. The van der Waals surface area contributed by atoms with Crippen molar-refractivity contribution in [2.24, 2.45) is 0 Å². The van der Waals surface area contributed by atoms with Gasteiger partial charge in [0.2, 0.25) is 0 Å². The standard InChI is InChI=1S/C12H10F3NO2S2/c1-8-5-6-19-11(8)20(17,18)7-9-3-2-4-10(16-9)12(13,14)15/h2-6H,7H2,1H3. The Balaban J connectivity index is 2.34. The molecule has 8 heteroatoms. The van der Waals surface area contributed by atoms with E-state index in [0.717, 1.165) is 23.5 Å². The minimum atomic E-state index is -4.58. The Morgan fingerprint density at radius 2 is 1.95 bits per heavy atom. The van der Waals surface area contributed by atoms with Crippen LogP contribution in [0.25, 0.3) is 0 Å². The molecule has 0 unspecified atom stereocenters. The van der Waals surface area contributed by atoms with Crippen LogP contribution in [0.2, 0.25) is 0 Å². The molecule has 0 aromatic carbocycles. The molecule has 0 spiro atoms. The van der Waals surface area contributed by atoms with Crippen molar-refractivity contribution in [2.75, 3.05) is 0 Å². The van der Waals surface area contributed by atoms with Gasteiger partial charge in [0.1, 0.15) is 9.90 Å². The van der Waals surface area contributed by atoms with Gasteiger partial charge in [-0.1, -0.05) is 6.07 Å². The summed E-state index contributed by atoms with van der Waals surface area (Å²) in [6.07, 6.45) is -4.58. The molecule has 0 atom stereocenters. The molecule has 0 aliphatic rings. The zero-order chi connectivity index (χ0) is 15.0. The molecule has 0 fully saturated rings. The molecule has 0 radical (unpaired) electrons. The number of sulfone groups is 1. The van der Waals surface area contributed by atoms with Crippen molar-refractivity contribution in [1.29, 1.82) is 0 Å². The first kappa shape index (κ1) is 15.0. The number of pyridine rings is 1. The minimum absolute atomic E-state index is 0.118. The van der Waals surface area contributed by atoms with Gasteiger partial charge in [-0.2, -0.15) is 13.2 Å². The number of thiophene rings is 1. The summed E-state index contributed by atoms with van der Waals surface area (Å²) in [5, 5.41) is 1.63. The smallest absolute Gasteiger partial charge is 0.247 e. The maximum Gasteiger partial charge on any atom is 0.433 e. The van der Waals surface area contributed by atoms with Crippen LogP contribution in [0, 0.1) is 6.92 Å². The molecule has 0 aliphatic heterocycles. The minimum Gasteiger partial charge on any atom is -0.247 e. The maximum absolute atomic E-state index is 12.5. The fraction of sp³-hybridized carbons (Fsp3) is 0.250. The third-order valence-corrected chi connectivity index (χ3v) is 5.95. The van der Waals surface area contributed by atoms with Gasteiger partial charge in [0.15, 0.2) is 9.84 Å². The molecule has 108 valence electrons. The number of aryl methyl sites for hydroxylation is 1. The lowest BCUT2D eigenvalue weighted by atomic mass is 10.3. The van der Waals surface area contributed by atoms with E-state index in [1.807, 2.05) is 0 Å². The SMILES string of the molecule is Cc1ccsc1S(=O)(=O)Cc1cccc(C(F)(F)F)n1. The topological polar surface area (TPSA) is 47.0 Å². The van der Waals surface area contributed by atoms with Crippen LogP contribution in [0.4, 0.5) is 13.2 Å². The quantitative estimate of drug-likeness (QED) is 0.870. The van der Waals surface area contributed by atoms with Crippen LogP contribution in [0.15, 0.2) is 33.9 Å². The van der Waals surface area contributed by atoms with Gasteiger partial charge in [0.05, 0.1) is 11.4 Å². The van der Waals surface area contributed by atoms with Gasteiger partial charge < -0.3 is 0 Å². The molecule has 0 saturated heterocycles. The normalized spacial score (nSPS) is 12.6. The Hall–Kier alpha value is -1.41. The van der Waals surface area contributed by atoms with Gasteiger partial charge in [-0.3, -0.25) is 0 Å². The van der Waals surface area contributed by atoms with Crippen molar-refractivity contribution < 1.29 is 21.6 Å². The van der Waals surface area contributed by atoms with Crippen LogP contribution in [-0.2, 0) is 21.8 Å². The van der Waals surface area contributed by atoms with Crippen molar-refractivity contribution in [3.05, 3.63) is 46.6 Å². The molecular weight excluding hydrogens is 311 g/mol. The summed E-state index contributed by atoms with van der Waals surface area (Å²) in [4.78, 5) is 3.37. The number of nitrogens with zero attached hydrogens (tertiary/aromatic N) is 1. The van der Waals surface area contributed by atoms with Crippen molar-refractivity contribution in [3.63, 3.8) is 0 Å². The van der Waals surface area contributed by atoms with E-state index in [4.69, 9.17) is 0 Å². The summed E-state index contributed by atoms with van der Waals surface area (Å²) in [5.41, 5.74) is -0.622. The lowest BCUT2D eigenvalue weighted by Crippen LogP contribution is -2.11. The Bertz CT molecular complexity index is 720. The second-order valence-electron chi connectivity index (χ2n) is 4.16. The second-order valence-corrected chi connectivity index (χ2v) is 7.26. The molecule has 0 aliphatic carbocycles. The monoisotopic (exact) mass is 321 g/mol. The molecule has 2 aromatic heterocycles. The first-order chi connectivity index (χ1) is 9.20. The molecule has 0 N–H and O–H groups in total. The van der Waals surface area contributed by atoms with Gasteiger partial charge in [-0.25, -0.2) is 13.4 Å². The summed E-state index contributed by atoms with van der Waals surface area (Å²) in [7, 11) is -3.67. The highest BCUT2D eigenvalue weighted by Gasteiger charge is 2.32. The molecule has 0 amide bonds. The zero-order valence-electron chi connectivity index (χ0n) is 10.3. The number of halogens is 3. The van der Waals surface area contributed by atoms with Crippen LogP contribution < -0.4 is 0 Å². The zero-order valence-corrected chi connectivity index (χ0v) is 11.9. The number of aromatic nitrogens is 1. The second kappa shape index (κ2) is 5.17. The highest BCUT2D eigenvalue weighted by atomic mass is 32.2. The molecule has 0 bridgehead atoms. The van der Waals surface area contributed by atoms with Crippen LogP contribution in [-0.4, -0.2) is 13.4 Å². The third kappa shape index (κ3) is 3.18. The summed E-state index contributed by atoms with van der Waals surface area (Å²) in [6.45, 7) is 1.64. The van der Waals surface area contributed by atoms with Crippen molar-refractivity contribution in [2.45, 2.75) is 23.1 Å². The first-order valence-electron chi connectivity index (χ1n) is 5.50. The van der Waals surface area contributed by atoms with Crippen molar-refractivity contribution >= 4 is 21.2 Å². The van der Waals surface area contributed by atoms with Crippen LogP contribution in [0.1, 0.15) is 17.0 Å². The predicted octanol–water partition coefficient (Wildman–Crippen LogP) is 3.44. The van der Waals surface area contributed by atoms with Gasteiger partial charge in [-0.05, 0) is 36.1 Å². The van der Waals surface area contributed by atoms with Crippen molar-refractivity contribution in [3.8, 4) is 0 Å². The summed E-state index contributed by atoms with van der Waals surface area (Å²) in [5.74, 6) is -0.543. The van der Waals surface area contributed by atoms with Gasteiger partial charge in [0.25, 0.3) is 0 Å². The van der Waals surface area contributed by atoms with Crippen LogP contribution in [0.3, 0.4) is 0 Å². The van der Waals surface area contributed by atoms with Crippen molar-refractivity contribution in [1.82, 2.24) is 4.98 Å². The summed E-state index contributed by atoms with van der Waals surface area (Å²) in [6, 6.07) is 4.89. The highest BCUT2D eigenvalue weighted by Crippen LogP contribution is 2.29. The van der Waals surface area contributed by atoms with E-state index in [9.17, 15) is 21.6 Å². The fourth-order valence-electron chi connectivity index (χ4n) is 1.66. The first-order valence-corrected chi connectivity index (χ1v) is 8.03. The maximum atomic E-state index is 12.5. The lowest BCUT2D eigenvalue weighted by Gasteiger charge is -2.08. The van der Waals surface area contributed by atoms with Gasteiger partial charge in [0, 0.05) is 0 Å². The number of rotatable bonds is 3. The van der Waals surface area contributed by atoms with E-state index < -0.39 is 27.5 Å². The molecule has 2 rings (SSSR count). The highest BCUT2D eigenvalue weighted by molar-refractivity contribution is 7.92.